The standard InChI is InChI=1S/C32H30O5S/c1-2-31(33)37-22-6-4-3-5-21-36-28-17-15-26(16-18-28)30-20-19-29(38-30)25-11-7-23(8-12-25)24-9-13-27(14-10-24)32(34)35/h2,7-20H,1,3-6,21-22H2,(H,34,35). The molecule has 6 heteroatoms. The number of esters is 1. The van der Waals surface area contributed by atoms with Crippen LogP contribution in [0.2, 0.25) is 0 Å². The molecular weight excluding hydrogens is 496 g/mol. The zero-order valence-corrected chi connectivity index (χ0v) is 21.9. The molecule has 0 spiro atoms. The highest BCUT2D eigenvalue weighted by Gasteiger charge is 2.08. The summed E-state index contributed by atoms with van der Waals surface area (Å²) >= 11 is 1.74. The molecule has 0 aliphatic carbocycles. The van der Waals surface area contributed by atoms with Crippen LogP contribution in [0.1, 0.15) is 36.0 Å². The topological polar surface area (TPSA) is 72.8 Å². The smallest absolute Gasteiger partial charge is 0.335 e. The molecule has 38 heavy (non-hydrogen) atoms. The summed E-state index contributed by atoms with van der Waals surface area (Å²) in [6.45, 7) is 4.48. The summed E-state index contributed by atoms with van der Waals surface area (Å²) in [5.41, 5.74) is 4.62. The molecule has 3 aromatic carbocycles. The first-order valence-electron chi connectivity index (χ1n) is 12.6. The Hall–Kier alpha value is -4.16. The Labute approximate surface area is 227 Å². The number of benzene rings is 3. The van der Waals surface area contributed by atoms with Crippen LogP contribution in [0, 0.1) is 0 Å². The van der Waals surface area contributed by atoms with Crippen molar-refractivity contribution in [1.82, 2.24) is 0 Å². The predicted molar refractivity (Wildman–Crippen MR) is 153 cm³/mol. The van der Waals surface area contributed by atoms with E-state index < -0.39 is 5.97 Å². The largest absolute Gasteiger partial charge is 0.494 e. The first-order valence-corrected chi connectivity index (χ1v) is 13.4. The van der Waals surface area contributed by atoms with Crippen molar-refractivity contribution in [3.8, 4) is 37.8 Å². The lowest BCUT2D eigenvalue weighted by atomic mass is 10.0. The number of hydrogen-bond donors (Lipinski definition) is 1. The minimum atomic E-state index is -0.920. The van der Waals surface area contributed by atoms with Crippen LogP contribution in [-0.4, -0.2) is 30.3 Å². The maximum Gasteiger partial charge on any atom is 0.335 e. The highest BCUT2D eigenvalue weighted by Crippen LogP contribution is 2.36. The lowest BCUT2D eigenvalue weighted by Gasteiger charge is -2.07. The van der Waals surface area contributed by atoms with Crippen LogP contribution in [-0.2, 0) is 9.53 Å². The molecule has 0 aliphatic rings. The molecule has 0 fully saturated rings. The second-order valence-corrected chi connectivity index (χ2v) is 9.87. The summed E-state index contributed by atoms with van der Waals surface area (Å²) in [5.74, 6) is -0.429. The van der Waals surface area contributed by atoms with Crippen LogP contribution in [0.3, 0.4) is 0 Å². The van der Waals surface area contributed by atoms with Crippen LogP contribution < -0.4 is 4.74 Å². The Morgan fingerprint density at radius 3 is 1.74 bits per heavy atom. The van der Waals surface area contributed by atoms with Gasteiger partial charge < -0.3 is 14.6 Å². The second kappa shape index (κ2) is 13.4. The summed E-state index contributed by atoms with van der Waals surface area (Å²) in [6, 6.07) is 27.7. The van der Waals surface area contributed by atoms with Gasteiger partial charge in [0.05, 0.1) is 18.8 Å². The van der Waals surface area contributed by atoms with Crippen molar-refractivity contribution < 1.29 is 24.2 Å². The summed E-state index contributed by atoms with van der Waals surface area (Å²) in [7, 11) is 0. The van der Waals surface area contributed by atoms with Crippen LogP contribution in [0.5, 0.6) is 5.75 Å². The van der Waals surface area contributed by atoms with Gasteiger partial charge in [0.2, 0.25) is 0 Å². The molecule has 4 aromatic rings. The van der Waals surface area contributed by atoms with Crippen molar-refractivity contribution in [2.45, 2.75) is 25.7 Å². The van der Waals surface area contributed by atoms with Crippen molar-refractivity contribution in [1.29, 1.82) is 0 Å². The Balaban J connectivity index is 1.26. The number of ether oxygens (including phenoxy) is 2. The van der Waals surface area contributed by atoms with Gasteiger partial charge in [-0.3, -0.25) is 0 Å². The molecule has 0 unspecified atom stereocenters. The Kier molecular flexibility index (Phi) is 9.48. The highest BCUT2D eigenvalue weighted by molar-refractivity contribution is 7.18. The Bertz CT molecular complexity index is 1350. The van der Waals surface area contributed by atoms with Gasteiger partial charge in [0.25, 0.3) is 0 Å². The van der Waals surface area contributed by atoms with Crippen LogP contribution in [0.15, 0.2) is 97.6 Å². The maximum atomic E-state index is 11.1. The number of aromatic carboxylic acids is 1. The summed E-state index contributed by atoms with van der Waals surface area (Å²) in [5, 5.41) is 9.08. The first-order chi connectivity index (χ1) is 18.5. The van der Waals surface area contributed by atoms with Crippen molar-refractivity contribution in [3.05, 3.63) is 103 Å². The molecule has 0 amide bonds. The SMILES string of the molecule is C=CC(=O)OCCCCCCOc1ccc(-c2ccc(-c3ccc(-c4ccc(C(=O)O)cc4)cc3)s2)cc1. The van der Waals surface area contributed by atoms with Gasteiger partial charge in [0.15, 0.2) is 0 Å². The fourth-order valence-corrected chi connectivity index (χ4v) is 4.99. The van der Waals surface area contributed by atoms with E-state index in [4.69, 9.17) is 14.6 Å². The van der Waals surface area contributed by atoms with Gasteiger partial charge in [-0.05, 0) is 96.5 Å². The Morgan fingerprint density at radius 2 is 1.18 bits per heavy atom. The van der Waals surface area contributed by atoms with E-state index in [0.717, 1.165) is 53.7 Å². The molecule has 0 aliphatic heterocycles. The minimum Gasteiger partial charge on any atom is -0.494 e. The summed E-state index contributed by atoms with van der Waals surface area (Å²) in [4.78, 5) is 24.4. The molecule has 5 nitrogen and oxygen atoms in total. The second-order valence-electron chi connectivity index (χ2n) is 8.78. The van der Waals surface area contributed by atoms with E-state index in [-0.39, 0.29) is 11.5 Å². The third kappa shape index (κ3) is 7.43. The van der Waals surface area contributed by atoms with E-state index in [0.29, 0.717) is 13.2 Å². The number of carboxylic acids is 1. The third-order valence-corrected chi connectivity index (χ3v) is 7.28. The average molecular weight is 527 g/mol. The van der Waals surface area contributed by atoms with Gasteiger partial charge in [-0.1, -0.05) is 43.0 Å². The quantitative estimate of drug-likeness (QED) is 0.108. The number of rotatable bonds is 13. The molecule has 194 valence electrons. The Morgan fingerprint density at radius 1 is 0.684 bits per heavy atom. The van der Waals surface area contributed by atoms with E-state index >= 15 is 0 Å². The van der Waals surface area contributed by atoms with E-state index in [9.17, 15) is 9.59 Å². The lowest BCUT2D eigenvalue weighted by Crippen LogP contribution is -2.02. The summed E-state index contributed by atoms with van der Waals surface area (Å²) in [6.07, 6.45) is 5.01. The van der Waals surface area contributed by atoms with Gasteiger partial charge in [-0.2, -0.15) is 0 Å². The van der Waals surface area contributed by atoms with E-state index in [1.807, 2.05) is 24.3 Å². The number of hydrogen-bond acceptors (Lipinski definition) is 5. The molecule has 0 saturated carbocycles. The monoisotopic (exact) mass is 526 g/mol. The minimum absolute atomic E-state index is 0.286. The molecule has 0 bridgehead atoms. The van der Waals surface area contributed by atoms with Crippen molar-refractivity contribution in [2.75, 3.05) is 13.2 Å². The molecule has 4 rings (SSSR count). The van der Waals surface area contributed by atoms with Gasteiger partial charge in [0, 0.05) is 15.8 Å². The van der Waals surface area contributed by atoms with E-state index in [2.05, 4.69) is 55.1 Å². The van der Waals surface area contributed by atoms with E-state index in [1.54, 1.807) is 23.5 Å². The molecule has 0 saturated heterocycles. The van der Waals surface area contributed by atoms with Gasteiger partial charge in [-0.25, -0.2) is 9.59 Å². The lowest BCUT2D eigenvalue weighted by molar-refractivity contribution is -0.137. The molecule has 1 heterocycles. The van der Waals surface area contributed by atoms with Crippen LogP contribution in [0.4, 0.5) is 0 Å². The molecule has 1 N–H and O–H groups in total. The zero-order chi connectivity index (χ0) is 26.7. The zero-order valence-electron chi connectivity index (χ0n) is 21.1. The predicted octanol–water partition coefficient (Wildman–Crippen LogP) is 8.12. The van der Waals surface area contributed by atoms with Gasteiger partial charge >= 0.3 is 11.9 Å². The third-order valence-electron chi connectivity index (χ3n) is 6.10. The maximum absolute atomic E-state index is 11.1. The number of carboxylic acid groups (broad SMARTS) is 1. The number of thiophene rings is 1. The summed E-state index contributed by atoms with van der Waals surface area (Å²) < 4.78 is 10.8. The average Bonchev–Trinajstić information content (AvgIpc) is 3.45. The fraction of sp³-hybridized carbons (Fsp3) is 0.188. The number of carbonyl (C=O) groups is 2. The highest BCUT2D eigenvalue weighted by atomic mass is 32.1. The van der Waals surface area contributed by atoms with Crippen molar-refractivity contribution in [2.24, 2.45) is 0 Å². The molecule has 1 aromatic heterocycles. The molecule has 0 atom stereocenters. The number of carbonyl (C=O) groups excluding carboxylic acids is 1. The fourth-order valence-electron chi connectivity index (χ4n) is 3.98. The van der Waals surface area contributed by atoms with E-state index in [1.165, 1.54) is 15.8 Å². The number of unbranched alkanes of at least 4 members (excludes halogenated alkanes) is 3. The van der Waals surface area contributed by atoms with Gasteiger partial charge in [0.1, 0.15) is 5.75 Å². The van der Waals surface area contributed by atoms with Crippen molar-refractivity contribution >= 4 is 23.3 Å². The normalized spacial score (nSPS) is 10.6. The van der Waals surface area contributed by atoms with Crippen LogP contribution in [0.25, 0.3) is 32.0 Å². The van der Waals surface area contributed by atoms with Crippen LogP contribution >= 0.6 is 11.3 Å². The van der Waals surface area contributed by atoms with Crippen molar-refractivity contribution in [3.63, 3.8) is 0 Å². The molecule has 0 radical (unpaired) electrons. The molecular formula is C32H30O5S. The first kappa shape index (κ1) is 26.9. The van der Waals surface area contributed by atoms with Gasteiger partial charge in [-0.15, -0.1) is 11.3 Å².